The van der Waals surface area contributed by atoms with Crippen LogP contribution < -0.4 is 16.8 Å². The van der Waals surface area contributed by atoms with Gasteiger partial charge in [0.1, 0.15) is 0 Å². The van der Waals surface area contributed by atoms with E-state index in [0.29, 0.717) is 12.5 Å². The number of hydrogen-bond donors (Lipinski definition) is 3. The molecule has 0 aromatic heterocycles. The number of rotatable bonds is 6. The van der Waals surface area contributed by atoms with Crippen LogP contribution in [0, 0.1) is 5.92 Å². The number of nitrogens with two attached hydrogens (primary N) is 2. The molecular formula is C10H19N3O3. The molecule has 0 saturated carbocycles. The maximum absolute atomic E-state index is 11.4. The molecule has 0 bridgehead atoms. The summed E-state index contributed by atoms with van der Waals surface area (Å²) in [6.45, 7) is 2.14. The lowest BCUT2D eigenvalue weighted by Crippen LogP contribution is -2.43. The van der Waals surface area contributed by atoms with E-state index in [9.17, 15) is 9.59 Å². The van der Waals surface area contributed by atoms with E-state index in [0.717, 1.165) is 26.1 Å². The van der Waals surface area contributed by atoms with Crippen LogP contribution in [0.15, 0.2) is 0 Å². The van der Waals surface area contributed by atoms with E-state index in [1.807, 2.05) is 0 Å². The normalized spacial score (nSPS) is 21.7. The van der Waals surface area contributed by atoms with Gasteiger partial charge in [-0.1, -0.05) is 0 Å². The van der Waals surface area contributed by atoms with Crippen molar-refractivity contribution in [2.75, 3.05) is 19.8 Å². The molecule has 92 valence electrons. The van der Waals surface area contributed by atoms with Crippen LogP contribution in [0.4, 0.5) is 0 Å². The molecule has 0 radical (unpaired) electrons. The maximum Gasteiger partial charge on any atom is 0.237 e. The van der Waals surface area contributed by atoms with E-state index in [1.165, 1.54) is 0 Å². The second-order valence-corrected chi connectivity index (χ2v) is 4.09. The summed E-state index contributed by atoms with van der Waals surface area (Å²) in [5.74, 6) is -0.364. The van der Waals surface area contributed by atoms with Gasteiger partial charge in [-0.15, -0.1) is 0 Å². The SMILES string of the molecule is NC(=O)CC(N)C(=O)NCCC1CCOC1. The van der Waals surface area contributed by atoms with Crippen LogP contribution in [0.25, 0.3) is 0 Å². The first kappa shape index (κ1) is 12.9. The van der Waals surface area contributed by atoms with Gasteiger partial charge >= 0.3 is 0 Å². The molecule has 1 aliphatic rings. The van der Waals surface area contributed by atoms with Gasteiger partial charge < -0.3 is 21.5 Å². The zero-order valence-electron chi connectivity index (χ0n) is 9.28. The summed E-state index contributed by atoms with van der Waals surface area (Å²) in [6.07, 6.45) is 1.82. The Morgan fingerprint density at radius 2 is 2.25 bits per heavy atom. The van der Waals surface area contributed by atoms with Crippen molar-refractivity contribution in [3.8, 4) is 0 Å². The van der Waals surface area contributed by atoms with Crippen molar-refractivity contribution in [3.05, 3.63) is 0 Å². The standard InChI is InChI=1S/C10H19N3O3/c11-8(5-9(12)14)10(15)13-3-1-7-2-4-16-6-7/h7-8H,1-6,11H2,(H2,12,14)(H,13,15). The highest BCUT2D eigenvalue weighted by molar-refractivity contribution is 5.87. The van der Waals surface area contributed by atoms with Crippen LogP contribution in [0.2, 0.25) is 0 Å². The Labute approximate surface area is 94.7 Å². The molecule has 16 heavy (non-hydrogen) atoms. The van der Waals surface area contributed by atoms with Crippen LogP contribution in [0.1, 0.15) is 19.3 Å². The van der Waals surface area contributed by atoms with Crippen LogP contribution in [-0.4, -0.2) is 37.6 Å². The maximum atomic E-state index is 11.4. The van der Waals surface area contributed by atoms with Gasteiger partial charge in [0.2, 0.25) is 11.8 Å². The molecule has 1 aliphatic heterocycles. The van der Waals surface area contributed by atoms with E-state index in [2.05, 4.69) is 5.32 Å². The third-order valence-corrected chi connectivity index (χ3v) is 2.63. The summed E-state index contributed by atoms with van der Waals surface area (Å²) in [5.41, 5.74) is 10.4. The quantitative estimate of drug-likeness (QED) is 0.528. The molecule has 1 saturated heterocycles. The molecule has 5 N–H and O–H groups in total. The summed E-state index contributed by atoms with van der Waals surface area (Å²) in [5, 5.41) is 2.69. The Kier molecular flexibility index (Phi) is 5.21. The molecule has 6 nitrogen and oxygen atoms in total. The number of hydrogen-bond acceptors (Lipinski definition) is 4. The molecule has 2 amide bonds. The van der Waals surface area contributed by atoms with Crippen LogP contribution in [-0.2, 0) is 14.3 Å². The molecule has 0 aromatic rings. The molecule has 1 fully saturated rings. The Hall–Kier alpha value is -1.14. The highest BCUT2D eigenvalue weighted by Crippen LogP contribution is 2.15. The zero-order valence-corrected chi connectivity index (χ0v) is 9.28. The van der Waals surface area contributed by atoms with Gasteiger partial charge in [0.15, 0.2) is 0 Å². The number of amides is 2. The third kappa shape index (κ3) is 4.59. The fourth-order valence-corrected chi connectivity index (χ4v) is 1.65. The first-order chi connectivity index (χ1) is 7.59. The number of carbonyl (C=O) groups excluding carboxylic acids is 2. The van der Waals surface area contributed by atoms with E-state index >= 15 is 0 Å². The number of primary amides is 1. The summed E-state index contributed by atoms with van der Waals surface area (Å²) < 4.78 is 5.22. The Morgan fingerprint density at radius 3 is 2.81 bits per heavy atom. The van der Waals surface area contributed by atoms with Gasteiger partial charge in [0.25, 0.3) is 0 Å². The largest absolute Gasteiger partial charge is 0.381 e. The fourth-order valence-electron chi connectivity index (χ4n) is 1.65. The fraction of sp³-hybridized carbons (Fsp3) is 0.800. The number of ether oxygens (including phenoxy) is 1. The first-order valence-corrected chi connectivity index (χ1v) is 5.49. The van der Waals surface area contributed by atoms with E-state index < -0.39 is 11.9 Å². The summed E-state index contributed by atoms with van der Waals surface area (Å²) in [4.78, 5) is 21.9. The highest BCUT2D eigenvalue weighted by atomic mass is 16.5. The van der Waals surface area contributed by atoms with Gasteiger partial charge in [-0.2, -0.15) is 0 Å². The van der Waals surface area contributed by atoms with Gasteiger partial charge in [-0.05, 0) is 18.8 Å². The Balaban J connectivity index is 2.11. The molecule has 6 heteroatoms. The van der Waals surface area contributed by atoms with Crippen LogP contribution in [0.5, 0.6) is 0 Å². The van der Waals surface area contributed by atoms with Crippen molar-refractivity contribution < 1.29 is 14.3 Å². The molecule has 2 atom stereocenters. The first-order valence-electron chi connectivity index (χ1n) is 5.49. The van der Waals surface area contributed by atoms with E-state index in [4.69, 9.17) is 16.2 Å². The predicted molar refractivity (Wildman–Crippen MR) is 58.3 cm³/mol. The second kappa shape index (κ2) is 6.44. The average Bonchev–Trinajstić information content (AvgIpc) is 2.69. The minimum Gasteiger partial charge on any atom is -0.381 e. The Morgan fingerprint density at radius 1 is 1.50 bits per heavy atom. The highest BCUT2D eigenvalue weighted by Gasteiger charge is 2.18. The van der Waals surface area contributed by atoms with Crippen molar-refractivity contribution in [1.29, 1.82) is 0 Å². The predicted octanol–water partition coefficient (Wildman–Crippen LogP) is -1.27. The monoisotopic (exact) mass is 229 g/mol. The van der Waals surface area contributed by atoms with Crippen molar-refractivity contribution >= 4 is 11.8 Å². The average molecular weight is 229 g/mol. The molecule has 0 spiro atoms. The lowest BCUT2D eigenvalue weighted by atomic mass is 10.1. The molecule has 1 heterocycles. The lowest BCUT2D eigenvalue weighted by molar-refractivity contribution is -0.126. The van der Waals surface area contributed by atoms with E-state index in [1.54, 1.807) is 0 Å². The minimum absolute atomic E-state index is 0.113. The zero-order chi connectivity index (χ0) is 12.0. The molecular weight excluding hydrogens is 210 g/mol. The van der Waals surface area contributed by atoms with Gasteiger partial charge in [-0.25, -0.2) is 0 Å². The van der Waals surface area contributed by atoms with Crippen molar-refractivity contribution in [2.45, 2.75) is 25.3 Å². The van der Waals surface area contributed by atoms with Gasteiger partial charge in [0.05, 0.1) is 12.5 Å². The lowest BCUT2D eigenvalue weighted by Gasteiger charge is -2.12. The van der Waals surface area contributed by atoms with Crippen molar-refractivity contribution in [2.24, 2.45) is 17.4 Å². The summed E-state index contributed by atoms with van der Waals surface area (Å²) >= 11 is 0. The van der Waals surface area contributed by atoms with E-state index in [-0.39, 0.29) is 12.3 Å². The smallest absolute Gasteiger partial charge is 0.237 e. The third-order valence-electron chi connectivity index (χ3n) is 2.63. The molecule has 1 rings (SSSR count). The van der Waals surface area contributed by atoms with Gasteiger partial charge in [-0.3, -0.25) is 9.59 Å². The molecule has 0 aromatic carbocycles. The van der Waals surface area contributed by atoms with Crippen molar-refractivity contribution in [3.63, 3.8) is 0 Å². The molecule has 2 unspecified atom stereocenters. The number of carbonyl (C=O) groups is 2. The Bertz CT molecular complexity index is 252. The molecule has 0 aliphatic carbocycles. The summed E-state index contributed by atoms with van der Waals surface area (Å²) in [6, 6.07) is -0.836. The topological polar surface area (TPSA) is 107 Å². The van der Waals surface area contributed by atoms with Crippen LogP contribution in [0.3, 0.4) is 0 Å². The number of nitrogens with one attached hydrogen (secondary N) is 1. The van der Waals surface area contributed by atoms with Gasteiger partial charge in [0, 0.05) is 19.8 Å². The van der Waals surface area contributed by atoms with Crippen LogP contribution >= 0.6 is 0 Å². The summed E-state index contributed by atoms with van der Waals surface area (Å²) in [7, 11) is 0. The van der Waals surface area contributed by atoms with Crippen molar-refractivity contribution in [1.82, 2.24) is 5.32 Å². The minimum atomic E-state index is -0.836. The second-order valence-electron chi connectivity index (χ2n) is 4.09.